The van der Waals surface area contributed by atoms with Gasteiger partial charge < -0.3 is 15.2 Å². The Labute approximate surface area is 108 Å². The molecular formula is C15H21NO2. The SMILES string of the molecule is CC(O)(CNC1CC2CCC1O2)c1ccccc1. The zero-order valence-electron chi connectivity index (χ0n) is 10.8. The Morgan fingerprint density at radius 2 is 2.11 bits per heavy atom. The zero-order valence-corrected chi connectivity index (χ0v) is 10.8. The molecule has 2 fully saturated rings. The normalized spacial score (nSPS) is 33.6. The summed E-state index contributed by atoms with van der Waals surface area (Å²) in [6.45, 7) is 2.44. The van der Waals surface area contributed by atoms with Gasteiger partial charge in [0.25, 0.3) is 0 Å². The van der Waals surface area contributed by atoms with Crippen LogP contribution in [0, 0.1) is 0 Å². The first-order chi connectivity index (χ1) is 8.65. The van der Waals surface area contributed by atoms with Crippen molar-refractivity contribution in [2.24, 2.45) is 0 Å². The van der Waals surface area contributed by atoms with Gasteiger partial charge in [-0.1, -0.05) is 30.3 Å². The van der Waals surface area contributed by atoms with Crippen LogP contribution in [0.25, 0.3) is 0 Å². The van der Waals surface area contributed by atoms with Gasteiger partial charge in [-0.25, -0.2) is 0 Å². The van der Waals surface area contributed by atoms with Crippen molar-refractivity contribution in [1.29, 1.82) is 0 Å². The first-order valence-electron chi connectivity index (χ1n) is 6.82. The van der Waals surface area contributed by atoms with Crippen LogP contribution in [0.4, 0.5) is 0 Å². The monoisotopic (exact) mass is 247 g/mol. The molecular weight excluding hydrogens is 226 g/mol. The van der Waals surface area contributed by atoms with Gasteiger partial charge in [-0.2, -0.15) is 0 Å². The van der Waals surface area contributed by atoms with Crippen LogP contribution in [0.3, 0.4) is 0 Å². The summed E-state index contributed by atoms with van der Waals surface area (Å²) in [6, 6.07) is 10.3. The van der Waals surface area contributed by atoms with Crippen molar-refractivity contribution >= 4 is 0 Å². The second-order valence-corrected chi connectivity index (χ2v) is 5.74. The number of nitrogens with one attached hydrogen (secondary N) is 1. The predicted octanol–water partition coefficient (Wildman–Crippen LogP) is 1.80. The van der Waals surface area contributed by atoms with Crippen LogP contribution >= 0.6 is 0 Å². The Bertz CT molecular complexity index is 404. The van der Waals surface area contributed by atoms with Crippen molar-refractivity contribution < 1.29 is 9.84 Å². The van der Waals surface area contributed by atoms with Crippen LogP contribution in [-0.4, -0.2) is 29.9 Å². The molecule has 2 heterocycles. The number of fused-ring (bicyclic) bond motifs is 2. The molecule has 1 aromatic rings. The van der Waals surface area contributed by atoms with Crippen molar-refractivity contribution in [2.45, 2.75) is 50.0 Å². The molecule has 0 aromatic heterocycles. The molecule has 4 unspecified atom stereocenters. The number of rotatable bonds is 4. The van der Waals surface area contributed by atoms with E-state index >= 15 is 0 Å². The van der Waals surface area contributed by atoms with E-state index < -0.39 is 5.60 Å². The lowest BCUT2D eigenvalue weighted by atomic mass is 9.92. The second-order valence-electron chi connectivity index (χ2n) is 5.74. The van der Waals surface area contributed by atoms with Gasteiger partial charge in [0.1, 0.15) is 0 Å². The summed E-state index contributed by atoms with van der Waals surface area (Å²) in [5, 5.41) is 14.0. The lowest BCUT2D eigenvalue weighted by molar-refractivity contribution is 0.0480. The minimum Gasteiger partial charge on any atom is -0.384 e. The predicted molar refractivity (Wildman–Crippen MR) is 70.3 cm³/mol. The molecule has 0 aliphatic carbocycles. The van der Waals surface area contributed by atoms with Crippen LogP contribution in [0.2, 0.25) is 0 Å². The highest BCUT2D eigenvalue weighted by Crippen LogP contribution is 2.34. The zero-order chi connectivity index (χ0) is 12.6. The molecule has 3 rings (SSSR count). The van der Waals surface area contributed by atoms with Crippen molar-refractivity contribution in [2.75, 3.05) is 6.54 Å². The summed E-state index contributed by atoms with van der Waals surface area (Å²) in [4.78, 5) is 0. The first-order valence-corrected chi connectivity index (χ1v) is 6.82. The van der Waals surface area contributed by atoms with Crippen LogP contribution in [-0.2, 0) is 10.3 Å². The van der Waals surface area contributed by atoms with Gasteiger partial charge in [-0.3, -0.25) is 0 Å². The molecule has 2 bridgehead atoms. The number of hydrogen-bond donors (Lipinski definition) is 2. The molecule has 2 saturated heterocycles. The Hall–Kier alpha value is -0.900. The van der Waals surface area contributed by atoms with Crippen molar-refractivity contribution in [3.05, 3.63) is 35.9 Å². The average molecular weight is 247 g/mol. The number of ether oxygens (including phenoxy) is 1. The van der Waals surface area contributed by atoms with E-state index in [1.807, 2.05) is 37.3 Å². The molecule has 0 amide bonds. The van der Waals surface area contributed by atoms with Crippen LogP contribution in [0.15, 0.2) is 30.3 Å². The molecule has 2 aliphatic heterocycles. The summed E-state index contributed by atoms with van der Waals surface area (Å²) < 4.78 is 5.81. The van der Waals surface area contributed by atoms with E-state index in [4.69, 9.17) is 4.74 Å². The van der Waals surface area contributed by atoms with E-state index in [0.717, 1.165) is 18.4 Å². The van der Waals surface area contributed by atoms with E-state index in [1.54, 1.807) is 0 Å². The smallest absolute Gasteiger partial charge is 0.0992 e. The highest BCUT2D eigenvalue weighted by molar-refractivity contribution is 5.21. The summed E-state index contributed by atoms with van der Waals surface area (Å²) >= 11 is 0. The van der Waals surface area contributed by atoms with Crippen molar-refractivity contribution in [3.8, 4) is 0 Å². The molecule has 2 aliphatic rings. The maximum Gasteiger partial charge on any atom is 0.0992 e. The molecule has 0 saturated carbocycles. The largest absolute Gasteiger partial charge is 0.384 e. The van der Waals surface area contributed by atoms with Gasteiger partial charge in [0.15, 0.2) is 0 Å². The summed E-state index contributed by atoms with van der Waals surface area (Å²) in [6.07, 6.45) is 4.28. The summed E-state index contributed by atoms with van der Waals surface area (Å²) in [7, 11) is 0. The van der Waals surface area contributed by atoms with Crippen LogP contribution in [0.5, 0.6) is 0 Å². The Morgan fingerprint density at radius 1 is 1.33 bits per heavy atom. The molecule has 18 heavy (non-hydrogen) atoms. The third-order valence-corrected chi connectivity index (χ3v) is 4.21. The van der Waals surface area contributed by atoms with Gasteiger partial charge in [0, 0.05) is 12.6 Å². The Kier molecular flexibility index (Phi) is 3.14. The Morgan fingerprint density at radius 3 is 2.72 bits per heavy atom. The fourth-order valence-corrected chi connectivity index (χ4v) is 3.08. The first kappa shape index (κ1) is 12.2. The quantitative estimate of drug-likeness (QED) is 0.852. The Balaban J connectivity index is 1.59. The van der Waals surface area contributed by atoms with Gasteiger partial charge in [-0.15, -0.1) is 0 Å². The van der Waals surface area contributed by atoms with E-state index in [2.05, 4.69) is 5.32 Å². The summed E-state index contributed by atoms with van der Waals surface area (Å²) in [5.41, 5.74) is 0.143. The number of aliphatic hydroxyl groups is 1. The van der Waals surface area contributed by atoms with E-state index in [0.29, 0.717) is 24.8 Å². The maximum atomic E-state index is 10.5. The van der Waals surface area contributed by atoms with Gasteiger partial charge in [-0.05, 0) is 31.7 Å². The minimum absolute atomic E-state index is 0.363. The minimum atomic E-state index is -0.816. The number of hydrogen-bond acceptors (Lipinski definition) is 3. The molecule has 3 nitrogen and oxygen atoms in total. The second kappa shape index (κ2) is 4.65. The highest BCUT2D eigenvalue weighted by Gasteiger charge is 2.41. The molecule has 1 aromatic carbocycles. The van der Waals surface area contributed by atoms with Gasteiger partial charge in [0.2, 0.25) is 0 Å². The molecule has 3 heteroatoms. The summed E-state index contributed by atoms with van der Waals surface area (Å²) in [5.74, 6) is 0. The topological polar surface area (TPSA) is 41.5 Å². The van der Waals surface area contributed by atoms with E-state index in [-0.39, 0.29) is 0 Å². The standard InChI is InChI=1S/C15H21NO2/c1-15(17,11-5-3-2-4-6-11)10-16-13-9-12-7-8-14(13)18-12/h2-6,12-14,16-17H,7-10H2,1H3. The maximum absolute atomic E-state index is 10.5. The third kappa shape index (κ3) is 2.30. The molecule has 0 spiro atoms. The average Bonchev–Trinajstić information content (AvgIpc) is 3.00. The van der Waals surface area contributed by atoms with Crippen LogP contribution in [0.1, 0.15) is 31.7 Å². The molecule has 0 radical (unpaired) electrons. The van der Waals surface area contributed by atoms with E-state index in [1.165, 1.54) is 6.42 Å². The molecule has 4 atom stereocenters. The molecule has 98 valence electrons. The van der Waals surface area contributed by atoms with E-state index in [9.17, 15) is 5.11 Å². The highest BCUT2D eigenvalue weighted by atomic mass is 16.5. The fraction of sp³-hybridized carbons (Fsp3) is 0.600. The van der Waals surface area contributed by atoms with Crippen LogP contribution < -0.4 is 5.32 Å². The fourth-order valence-electron chi connectivity index (χ4n) is 3.08. The lowest BCUT2D eigenvalue weighted by Gasteiger charge is -2.28. The van der Waals surface area contributed by atoms with Gasteiger partial charge >= 0.3 is 0 Å². The molecule has 2 N–H and O–H groups in total. The van der Waals surface area contributed by atoms with Gasteiger partial charge in [0.05, 0.1) is 17.8 Å². The number of benzene rings is 1. The van der Waals surface area contributed by atoms with Crippen molar-refractivity contribution in [3.63, 3.8) is 0 Å². The van der Waals surface area contributed by atoms with Crippen molar-refractivity contribution in [1.82, 2.24) is 5.32 Å². The third-order valence-electron chi connectivity index (χ3n) is 4.21. The lowest BCUT2D eigenvalue weighted by Crippen LogP contribution is -2.44.